The van der Waals surface area contributed by atoms with Crippen LogP contribution in [-0.2, 0) is 4.79 Å². The lowest BCUT2D eigenvalue weighted by atomic mass is 10.2. The Bertz CT molecular complexity index is 839. The van der Waals surface area contributed by atoms with E-state index in [1.54, 1.807) is 36.4 Å². The first-order valence-electron chi connectivity index (χ1n) is 7.47. The standard InChI is InChI=1S/C19H14O5.CH2O/c20-14-3-1-13(2-4-14)19(22)24-18-11-9-17(10-12-18)23-16-7-5-15(21)6-8-16;1-2/h1-12,20-21H;1H2. The minimum absolute atomic E-state index is 0.0854. The third-order valence-electron chi connectivity index (χ3n) is 3.21. The highest BCUT2D eigenvalue weighted by Crippen LogP contribution is 2.25. The number of ether oxygens (including phenoxy) is 2. The van der Waals surface area contributed by atoms with E-state index in [0.29, 0.717) is 22.8 Å². The van der Waals surface area contributed by atoms with E-state index >= 15 is 0 Å². The smallest absolute Gasteiger partial charge is 0.343 e. The van der Waals surface area contributed by atoms with E-state index in [0.717, 1.165) is 0 Å². The van der Waals surface area contributed by atoms with Gasteiger partial charge in [-0.05, 0) is 72.8 Å². The molecule has 0 radical (unpaired) electrons. The maximum Gasteiger partial charge on any atom is 0.343 e. The monoisotopic (exact) mass is 352 g/mol. The van der Waals surface area contributed by atoms with Crippen LogP contribution in [0.25, 0.3) is 0 Å². The predicted octanol–water partition coefficient (Wildman–Crippen LogP) is 3.92. The van der Waals surface area contributed by atoms with Gasteiger partial charge in [0.15, 0.2) is 0 Å². The normalized spacial score (nSPS) is 9.54. The van der Waals surface area contributed by atoms with Gasteiger partial charge in [0.1, 0.15) is 35.5 Å². The van der Waals surface area contributed by atoms with Gasteiger partial charge >= 0.3 is 5.97 Å². The highest BCUT2D eigenvalue weighted by Gasteiger charge is 2.08. The SMILES string of the molecule is C=O.O=C(Oc1ccc(Oc2ccc(O)cc2)cc1)c1ccc(O)cc1. The van der Waals surface area contributed by atoms with Crippen molar-refractivity contribution in [2.75, 3.05) is 0 Å². The van der Waals surface area contributed by atoms with Crippen LogP contribution in [0.4, 0.5) is 0 Å². The fourth-order valence-electron chi connectivity index (χ4n) is 1.99. The molecule has 6 heteroatoms. The molecule has 0 saturated heterocycles. The first-order valence-corrected chi connectivity index (χ1v) is 7.47. The Labute approximate surface area is 149 Å². The van der Waals surface area contributed by atoms with Gasteiger partial charge in [-0.25, -0.2) is 4.79 Å². The molecule has 3 aromatic rings. The van der Waals surface area contributed by atoms with Gasteiger partial charge in [-0.3, -0.25) is 0 Å². The van der Waals surface area contributed by atoms with Crippen molar-refractivity contribution >= 4 is 12.8 Å². The molecule has 26 heavy (non-hydrogen) atoms. The Kier molecular flexibility index (Phi) is 6.34. The number of rotatable bonds is 4. The third-order valence-corrected chi connectivity index (χ3v) is 3.21. The molecule has 0 unspecified atom stereocenters. The quantitative estimate of drug-likeness (QED) is 0.546. The number of phenolic OH excluding ortho intramolecular Hbond substituents is 2. The van der Waals surface area contributed by atoms with Gasteiger partial charge in [0, 0.05) is 0 Å². The average molecular weight is 352 g/mol. The Hall–Kier alpha value is -3.80. The molecule has 0 spiro atoms. The lowest BCUT2D eigenvalue weighted by molar-refractivity contribution is -0.0980. The Morgan fingerprint density at radius 2 is 1.04 bits per heavy atom. The molecule has 0 aliphatic carbocycles. The van der Waals surface area contributed by atoms with E-state index < -0.39 is 5.97 Å². The van der Waals surface area contributed by atoms with E-state index in [1.807, 2.05) is 6.79 Å². The van der Waals surface area contributed by atoms with Crippen LogP contribution >= 0.6 is 0 Å². The van der Waals surface area contributed by atoms with Crippen LogP contribution in [0, 0.1) is 0 Å². The summed E-state index contributed by atoms with van der Waals surface area (Å²) in [6.45, 7) is 2.00. The number of hydrogen-bond donors (Lipinski definition) is 2. The molecule has 3 aromatic carbocycles. The summed E-state index contributed by atoms with van der Waals surface area (Å²) < 4.78 is 10.9. The minimum Gasteiger partial charge on any atom is -0.508 e. The summed E-state index contributed by atoms with van der Waals surface area (Å²) in [5, 5.41) is 18.4. The van der Waals surface area contributed by atoms with E-state index in [1.165, 1.54) is 36.4 Å². The molecular formula is C20H16O6. The Balaban J connectivity index is 0.00000117. The maximum absolute atomic E-state index is 12.0. The molecule has 2 N–H and O–H groups in total. The van der Waals surface area contributed by atoms with Crippen molar-refractivity contribution in [2.45, 2.75) is 0 Å². The van der Waals surface area contributed by atoms with Crippen molar-refractivity contribution in [1.82, 2.24) is 0 Å². The third kappa shape index (κ3) is 5.10. The molecule has 0 fully saturated rings. The molecule has 0 bridgehead atoms. The largest absolute Gasteiger partial charge is 0.508 e. The fraction of sp³-hybridized carbons (Fsp3) is 0. The van der Waals surface area contributed by atoms with Crippen molar-refractivity contribution < 1.29 is 29.3 Å². The summed E-state index contributed by atoms with van der Waals surface area (Å²) in [6, 6.07) is 18.8. The molecule has 0 aliphatic heterocycles. The lowest BCUT2D eigenvalue weighted by Gasteiger charge is -2.08. The van der Waals surface area contributed by atoms with Crippen LogP contribution in [-0.4, -0.2) is 23.0 Å². The van der Waals surface area contributed by atoms with Crippen LogP contribution < -0.4 is 9.47 Å². The zero-order valence-corrected chi connectivity index (χ0v) is 13.7. The molecule has 0 atom stereocenters. The molecule has 3 rings (SSSR count). The molecule has 0 aromatic heterocycles. The van der Waals surface area contributed by atoms with E-state index in [-0.39, 0.29) is 11.5 Å². The summed E-state index contributed by atoms with van der Waals surface area (Å²) in [7, 11) is 0. The number of hydrogen-bond acceptors (Lipinski definition) is 6. The summed E-state index contributed by atoms with van der Waals surface area (Å²) in [5.74, 6) is 1.28. The molecule has 0 saturated carbocycles. The number of carbonyl (C=O) groups is 2. The van der Waals surface area contributed by atoms with Crippen molar-refractivity contribution in [3.63, 3.8) is 0 Å². The Morgan fingerprint density at radius 1 is 0.654 bits per heavy atom. The minimum atomic E-state index is -0.512. The number of carbonyl (C=O) groups excluding carboxylic acids is 2. The highest BCUT2D eigenvalue weighted by molar-refractivity contribution is 5.91. The molecule has 132 valence electrons. The number of phenols is 2. The van der Waals surface area contributed by atoms with Crippen molar-refractivity contribution in [2.24, 2.45) is 0 Å². The number of aromatic hydroxyl groups is 2. The average Bonchev–Trinajstić information content (AvgIpc) is 2.67. The lowest BCUT2D eigenvalue weighted by Crippen LogP contribution is -2.07. The van der Waals surface area contributed by atoms with Gasteiger partial charge in [0.05, 0.1) is 5.56 Å². The zero-order chi connectivity index (χ0) is 18.9. The molecule has 0 amide bonds. The maximum atomic E-state index is 12.0. The number of benzene rings is 3. The molecule has 0 aliphatic rings. The zero-order valence-electron chi connectivity index (χ0n) is 13.7. The topological polar surface area (TPSA) is 93.1 Å². The second-order valence-corrected chi connectivity index (χ2v) is 5.00. The van der Waals surface area contributed by atoms with Gasteiger partial charge in [-0.15, -0.1) is 0 Å². The van der Waals surface area contributed by atoms with Crippen molar-refractivity contribution in [3.05, 3.63) is 78.4 Å². The Morgan fingerprint density at radius 3 is 1.54 bits per heavy atom. The summed E-state index contributed by atoms with van der Waals surface area (Å²) in [5.41, 5.74) is 0.345. The van der Waals surface area contributed by atoms with Crippen molar-refractivity contribution in [1.29, 1.82) is 0 Å². The van der Waals surface area contributed by atoms with Crippen LogP contribution in [0.2, 0.25) is 0 Å². The summed E-state index contributed by atoms with van der Waals surface area (Å²) >= 11 is 0. The predicted molar refractivity (Wildman–Crippen MR) is 94.8 cm³/mol. The first-order chi connectivity index (χ1) is 12.6. The van der Waals surface area contributed by atoms with Gasteiger partial charge in [0.25, 0.3) is 0 Å². The second-order valence-electron chi connectivity index (χ2n) is 5.00. The van der Waals surface area contributed by atoms with E-state index in [2.05, 4.69) is 0 Å². The van der Waals surface area contributed by atoms with Gasteiger partial charge in [-0.1, -0.05) is 0 Å². The van der Waals surface area contributed by atoms with E-state index in [4.69, 9.17) is 14.3 Å². The highest BCUT2D eigenvalue weighted by atomic mass is 16.5. The first kappa shape index (κ1) is 18.5. The fourth-order valence-corrected chi connectivity index (χ4v) is 1.99. The van der Waals surface area contributed by atoms with Gasteiger partial charge < -0.3 is 24.5 Å². The molecule has 0 heterocycles. The summed E-state index contributed by atoms with van der Waals surface area (Å²) in [6.07, 6.45) is 0. The van der Waals surface area contributed by atoms with Crippen molar-refractivity contribution in [3.8, 4) is 28.7 Å². The molecular weight excluding hydrogens is 336 g/mol. The van der Waals surface area contributed by atoms with Crippen LogP contribution in [0.15, 0.2) is 72.8 Å². The van der Waals surface area contributed by atoms with E-state index in [9.17, 15) is 15.0 Å². The van der Waals surface area contributed by atoms with Gasteiger partial charge in [0.2, 0.25) is 0 Å². The molecule has 6 nitrogen and oxygen atoms in total. The van der Waals surface area contributed by atoms with Crippen LogP contribution in [0.3, 0.4) is 0 Å². The van der Waals surface area contributed by atoms with Gasteiger partial charge in [-0.2, -0.15) is 0 Å². The van der Waals surface area contributed by atoms with Crippen LogP contribution in [0.5, 0.6) is 28.7 Å². The summed E-state index contributed by atoms with van der Waals surface area (Å²) in [4.78, 5) is 20.0. The number of esters is 1. The second kappa shape index (κ2) is 8.89. The van der Waals surface area contributed by atoms with Crippen LogP contribution in [0.1, 0.15) is 10.4 Å².